The van der Waals surface area contributed by atoms with Gasteiger partial charge < -0.3 is 19.7 Å². The number of imide groups is 1. The summed E-state index contributed by atoms with van der Waals surface area (Å²) < 4.78 is 6.72. The van der Waals surface area contributed by atoms with Crippen molar-refractivity contribution in [3.05, 3.63) is 59.5 Å². The van der Waals surface area contributed by atoms with Crippen LogP contribution in [0.2, 0.25) is 0 Å². The number of benzene rings is 1. The number of aromatic nitrogens is 1. The van der Waals surface area contributed by atoms with E-state index in [1.165, 1.54) is 6.08 Å². The van der Waals surface area contributed by atoms with Crippen molar-refractivity contribution in [3.8, 4) is 5.69 Å². The van der Waals surface area contributed by atoms with E-state index in [0.717, 1.165) is 0 Å². The first-order valence-electron chi connectivity index (χ1n) is 8.42. The van der Waals surface area contributed by atoms with Crippen LogP contribution >= 0.6 is 0 Å². The SMILES string of the molecule is CCOC(=O)c1cccc(-n2cccc2/C=C2/NC(=O)N(CC(=O)O)C2=O)c1. The smallest absolute Gasteiger partial charge is 0.338 e. The van der Waals surface area contributed by atoms with E-state index in [1.54, 1.807) is 54.1 Å². The largest absolute Gasteiger partial charge is 0.480 e. The van der Waals surface area contributed by atoms with Gasteiger partial charge in [0.2, 0.25) is 0 Å². The zero-order valence-corrected chi connectivity index (χ0v) is 14.9. The van der Waals surface area contributed by atoms with Crippen LogP contribution in [0.5, 0.6) is 0 Å². The molecule has 2 N–H and O–H groups in total. The number of nitrogens with one attached hydrogen (secondary N) is 1. The van der Waals surface area contributed by atoms with Crippen molar-refractivity contribution in [2.45, 2.75) is 6.92 Å². The highest BCUT2D eigenvalue weighted by molar-refractivity contribution is 6.15. The number of aliphatic carboxylic acids is 1. The lowest BCUT2D eigenvalue weighted by atomic mass is 10.2. The van der Waals surface area contributed by atoms with Gasteiger partial charge >= 0.3 is 18.0 Å². The van der Waals surface area contributed by atoms with E-state index in [9.17, 15) is 19.2 Å². The van der Waals surface area contributed by atoms with Crippen LogP contribution in [-0.4, -0.2) is 51.6 Å². The number of amides is 3. The van der Waals surface area contributed by atoms with Crippen LogP contribution in [0.4, 0.5) is 4.79 Å². The Morgan fingerprint density at radius 1 is 1.21 bits per heavy atom. The number of carbonyl (C=O) groups is 4. The molecule has 0 radical (unpaired) electrons. The molecule has 0 spiro atoms. The Bertz CT molecular complexity index is 991. The van der Waals surface area contributed by atoms with Gasteiger partial charge in [-0.15, -0.1) is 0 Å². The number of rotatable bonds is 6. The molecule has 1 aromatic heterocycles. The second-order valence-corrected chi connectivity index (χ2v) is 5.85. The third kappa shape index (κ3) is 3.78. The third-order valence-corrected chi connectivity index (χ3v) is 3.96. The van der Waals surface area contributed by atoms with Crippen LogP contribution in [0.15, 0.2) is 48.3 Å². The molecule has 9 heteroatoms. The molecule has 0 bridgehead atoms. The van der Waals surface area contributed by atoms with E-state index in [1.807, 2.05) is 0 Å². The molecular formula is C19H17N3O6. The standard InChI is InChI=1S/C19H17N3O6/c1-2-28-18(26)12-5-3-6-13(9-12)21-8-4-7-14(21)10-15-17(25)22(11-16(23)24)19(27)20-15/h3-10H,2,11H2,1H3,(H,20,27)(H,23,24)/b15-10+. The van der Waals surface area contributed by atoms with Gasteiger partial charge in [-0.3, -0.25) is 9.59 Å². The van der Waals surface area contributed by atoms with Crippen molar-refractivity contribution in [1.29, 1.82) is 0 Å². The van der Waals surface area contributed by atoms with E-state index in [2.05, 4.69) is 5.32 Å². The molecule has 3 rings (SSSR count). The fourth-order valence-electron chi connectivity index (χ4n) is 2.74. The summed E-state index contributed by atoms with van der Waals surface area (Å²) >= 11 is 0. The maximum Gasteiger partial charge on any atom is 0.338 e. The number of carboxylic acids is 1. The summed E-state index contributed by atoms with van der Waals surface area (Å²) in [5, 5.41) is 11.2. The van der Waals surface area contributed by atoms with Gasteiger partial charge in [0.05, 0.1) is 12.2 Å². The third-order valence-electron chi connectivity index (χ3n) is 3.96. The highest BCUT2D eigenvalue weighted by atomic mass is 16.5. The van der Waals surface area contributed by atoms with Crippen LogP contribution in [0.25, 0.3) is 11.8 Å². The number of ether oxygens (including phenoxy) is 1. The molecule has 0 aliphatic carbocycles. The average Bonchev–Trinajstić information content (AvgIpc) is 3.22. The molecule has 1 fully saturated rings. The fourth-order valence-corrected chi connectivity index (χ4v) is 2.74. The molecule has 0 saturated carbocycles. The Hall–Kier alpha value is -3.88. The fraction of sp³-hybridized carbons (Fsp3) is 0.158. The molecular weight excluding hydrogens is 366 g/mol. The van der Waals surface area contributed by atoms with Gasteiger partial charge in [-0.05, 0) is 43.3 Å². The minimum Gasteiger partial charge on any atom is -0.480 e. The van der Waals surface area contributed by atoms with Crippen molar-refractivity contribution >= 4 is 30.0 Å². The molecule has 1 aromatic carbocycles. The summed E-state index contributed by atoms with van der Waals surface area (Å²) in [5.74, 6) is -2.46. The lowest BCUT2D eigenvalue weighted by Crippen LogP contribution is -2.35. The van der Waals surface area contributed by atoms with E-state index in [4.69, 9.17) is 9.84 Å². The normalized spacial score (nSPS) is 15.0. The van der Waals surface area contributed by atoms with Gasteiger partial charge in [-0.2, -0.15) is 0 Å². The van der Waals surface area contributed by atoms with Gasteiger partial charge in [0, 0.05) is 17.6 Å². The maximum atomic E-state index is 12.3. The van der Waals surface area contributed by atoms with E-state index in [-0.39, 0.29) is 12.3 Å². The minimum absolute atomic E-state index is 0.0345. The average molecular weight is 383 g/mol. The first kappa shape index (κ1) is 18.9. The number of hydrogen-bond donors (Lipinski definition) is 2. The van der Waals surface area contributed by atoms with Crippen LogP contribution in [-0.2, 0) is 14.3 Å². The van der Waals surface area contributed by atoms with Gasteiger partial charge in [0.1, 0.15) is 12.2 Å². The number of carbonyl (C=O) groups excluding carboxylic acids is 3. The quantitative estimate of drug-likeness (QED) is 0.445. The van der Waals surface area contributed by atoms with E-state index >= 15 is 0 Å². The van der Waals surface area contributed by atoms with Gasteiger partial charge in [-0.1, -0.05) is 6.07 Å². The lowest BCUT2D eigenvalue weighted by molar-refractivity contribution is -0.140. The summed E-state index contributed by atoms with van der Waals surface area (Å²) in [7, 11) is 0. The molecule has 2 aromatic rings. The predicted octanol–water partition coefficient (Wildman–Crippen LogP) is 1.63. The molecule has 2 heterocycles. The van der Waals surface area contributed by atoms with Crippen molar-refractivity contribution in [2.75, 3.05) is 13.2 Å². The molecule has 1 saturated heterocycles. The number of carboxylic acid groups (broad SMARTS) is 1. The van der Waals surface area contributed by atoms with Crippen LogP contribution in [0, 0.1) is 0 Å². The molecule has 0 atom stereocenters. The summed E-state index contributed by atoms with van der Waals surface area (Å²) in [5.41, 5.74) is 1.56. The van der Waals surface area contributed by atoms with Gasteiger partial charge in [0.15, 0.2) is 0 Å². The van der Waals surface area contributed by atoms with Crippen LogP contribution in [0.3, 0.4) is 0 Å². The zero-order chi connectivity index (χ0) is 20.3. The highest BCUT2D eigenvalue weighted by Crippen LogP contribution is 2.19. The molecule has 3 amide bonds. The summed E-state index contributed by atoms with van der Waals surface area (Å²) in [6, 6.07) is 9.41. The highest BCUT2D eigenvalue weighted by Gasteiger charge is 2.35. The summed E-state index contributed by atoms with van der Waals surface area (Å²) in [6.07, 6.45) is 3.17. The predicted molar refractivity (Wildman–Crippen MR) is 97.6 cm³/mol. The number of hydrogen-bond acceptors (Lipinski definition) is 5. The van der Waals surface area contributed by atoms with Crippen molar-refractivity contribution in [1.82, 2.24) is 14.8 Å². The Balaban J connectivity index is 1.91. The molecule has 1 aliphatic rings. The van der Waals surface area contributed by atoms with E-state index in [0.29, 0.717) is 21.8 Å². The lowest BCUT2D eigenvalue weighted by Gasteiger charge is -2.09. The Labute approximate surface area is 159 Å². The number of urea groups is 1. The van der Waals surface area contributed by atoms with Gasteiger partial charge in [-0.25, -0.2) is 14.5 Å². The Morgan fingerprint density at radius 3 is 2.71 bits per heavy atom. The van der Waals surface area contributed by atoms with Crippen LogP contribution < -0.4 is 5.32 Å². The Morgan fingerprint density at radius 2 is 2.00 bits per heavy atom. The molecule has 0 unspecified atom stereocenters. The van der Waals surface area contributed by atoms with Gasteiger partial charge in [0.25, 0.3) is 5.91 Å². The van der Waals surface area contributed by atoms with E-state index < -0.39 is 30.4 Å². The first-order chi connectivity index (χ1) is 13.4. The molecule has 9 nitrogen and oxygen atoms in total. The maximum absolute atomic E-state index is 12.3. The molecule has 1 aliphatic heterocycles. The number of nitrogens with zero attached hydrogens (tertiary/aromatic N) is 2. The monoisotopic (exact) mass is 383 g/mol. The topological polar surface area (TPSA) is 118 Å². The minimum atomic E-state index is -1.29. The first-order valence-corrected chi connectivity index (χ1v) is 8.42. The summed E-state index contributed by atoms with van der Waals surface area (Å²) in [4.78, 5) is 47.5. The van der Waals surface area contributed by atoms with Crippen molar-refractivity contribution in [2.24, 2.45) is 0 Å². The zero-order valence-electron chi connectivity index (χ0n) is 14.9. The van der Waals surface area contributed by atoms with Crippen LogP contribution in [0.1, 0.15) is 23.0 Å². The van der Waals surface area contributed by atoms with Crippen molar-refractivity contribution < 1.29 is 29.0 Å². The number of esters is 1. The summed E-state index contributed by atoms with van der Waals surface area (Å²) in [6.45, 7) is 1.27. The Kier molecular flexibility index (Phi) is 5.25. The molecule has 144 valence electrons. The second-order valence-electron chi connectivity index (χ2n) is 5.85. The van der Waals surface area contributed by atoms with Crippen molar-refractivity contribution in [3.63, 3.8) is 0 Å². The second kappa shape index (κ2) is 7.78. The molecule has 28 heavy (non-hydrogen) atoms.